The van der Waals surface area contributed by atoms with Gasteiger partial charge in [0.1, 0.15) is 0 Å². The molecule has 0 heterocycles. The van der Waals surface area contributed by atoms with E-state index in [1.54, 1.807) is 24.3 Å². The zero-order valence-corrected chi connectivity index (χ0v) is 13.4. The molecule has 5 heteroatoms. The average molecular weight is 334 g/mol. The Morgan fingerprint density at radius 3 is 2.35 bits per heavy atom. The summed E-state index contributed by atoms with van der Waals surface area (Å²) < 4.78 is 0. The van der Waals surface area contributed by atoms with Gasteiger partial charge in [-0.25, -0.2) is 0 Å². The lowest BCUT2D eigenvalue weighted by Crippen LogP contribution is -2.33. The molecule has 0 fully saturated rings. The summed E-state index contributed by atoms with van der Waals surface area (Å²) in [5, 5.41) is 23.2. The molecule has 0 radical (unpaired) electrons. The first-order valence-corrected chi connectivity index (χ1v) is 7.84. The van der Waals surface area contributed by atoms with Crippen LogP contribution in [0, 0.1) is 0 Å². The van der Waals surface area contributed by atoms with Crippen LogP contribution in [0.3, 0.4) is 0 Å². The van der Waals surface area contributed by atoms with E-state index in [9.17, 15) is 15.0 Å². The number of benzene rings is 2. The molecule has 2 atom stereocenters. The molecule has 3 N–H and O–H groups in total. The number of carbonyl (C=O) groups excluding carboxylic acids is 1. The molecule has 0 aliphatic carbocycles. The number of rotatable bonds is 7. The summed E-state index contributed by atoms with van der Waals surface area (Å²) in [7, 11) is 0. The zero-order chi connectivity index (χ0) is 16.7. The number of carbonyl (C=O) groups is 1. The molecule has 2 aromatic carbocycles. The number of hydrogen-bond acceptors (Lipinski definition) is 3. The van der Waals surface area contributed by atoms with E-state index >= 15 is 0 Å². The third kappa shape index (κ3) is 6.02. The predicted octanol–water partition coefficient (Wildman–Crippen LogP) is 2.48. The molecule has 0 saturated carbocycles. The summed E-state index contributed by atoms with van der Waals surface area (Å²) >= 11 is 5.78. The van der Waals surface area contributed by atoms with Crippen LogP contribution in [-0.2, 0) is 11.2 Å². The van der Waals surface area contributed by atoms with Crippen LogP contribution in [0.15, 0.2) is 54.6 Å². The van der Waals surface area contributed by atoms with E-state index < -0.39 is 12.2 Å². The van der Waals surface area contributed by atoms with E-state index in [1.165, 1.54) is 0 Å². The number of halogens is 1. The number of hydrogen-bond donors (Lipinski definition) is 3. The van der Waals surface area contributed by atoms with Crippen molar-refractivity contribution in [3.05, 3.63) is 70.7 Å². The van der Waals surface area contributed by atoms with Gasteiger partial charge in [0, 0.05) is 18.0 Å². The van der Waals surface area contributed by atoms with Gasteiger partial charge in [-0.05, 0) is 23.3 Å². The van der Waals surface area contributed by atoms with E-state index in [4.69, 9.17) is 11.6 Å². The van der Waals surface area contributed by atoms with Crippen molar-refractivity contribution in [1.29, 1.82) is 0 Å². The third-order valence-electron chi connectivity index (χ3n) is 3.48. The van der Waals surface area contributed by atoms with Crippen LogP contribution in [0.1, 0.15) is 23.7 Å². The normalized spacial score (nSPS) is 13.3. The second-order valence-corrected chi connectivity index (χ2v) is 5.86. The molecular weight excluding hydrogens is 314 g/mol. The first kappa shape index (κ1) is 17.5. The molecule has 0 saturated heterocycles. The number of aliphatic hydroxyl groups is 2. The SMILES string of the molecule is O=C(CC(O)c1ccc(Cl)cc1)NCC(O)Cc1ccccc1. The average Bonchev–Trinajstić information content (AvgIpc) is 2.54. The van der Waals surface area contributed by atoms with E-state index in [-0.39, 0.29) is 18.9 Å². The van der Waals surface area contributed by atoms with E-state index in [0.717, 1.165) is 5.56 Å². The minimum absolute atomic E-state index is 0.0559. The van der Waals surface area contributed by atoms with Crippen LogP contribution in [0.25, 0.3) is 0 Å². The molecular formula is C18H20ClNO3. The molecule has 2 aromatic rings. The first-order chi connectivity index (χ1) is 11.0. The zero-order valence-electron chi connectivity index (χ0n) is 12.7. The van der Waals surface area contributed by atoms with Crippen molar-refractivity contribution in [3.8, 4) is 0 Å². The quantitative estimate of drug-likeness (QED) is 0.729. The third-order valence-corrected chi connectivity index (χ3v) is 3.73. The van der Waals surface area contributed by atoms with Crippen LogP contribution in [-0.4, -0.2) is 28.8 Å². The van der Waals surface area contributed by atoms with E-state index in [1.807, 2.05) is 30.3 Å². The molecule has 1 amide bonds. The van der Waals surface area contributed by atoms with Gasteiger partial charge in [-0.3, -0.25) is 4.79 Å². The number of aliphatic hydroxyl groups excluding tert-OH is 2. The lowest BCUT2D eigenvalue weighted by Gasteiger charge is -2.14. The second-order valence-electron chi connectivity index (χ2n) is 5.42. The Labute approximate surface area is 140 Å². The van der Waals surface area contributed by atoms with Crippen LogP contribution >= 0.6 is 11.6 Å². The molecule has 23 heavy (non-hydrogen) atoms. The maximum Gasteiger partial charge on any atom is 0.223 e. The molecule has 2 rings (SSSR count). The Balaban J connectivity index is 1.75. The van der Waals surface area contributed by atoms with Crippen LogP contribution in [0.4, 0.5) is 0 Å². The highest BCUT2D eigenvalue weighted by Crippen LogP contribution is 2.18. The highest BCUT2D eigenvalue weighted by molar-refractivity contribution is 6.30. The van der Waals surface area contributed by atoms with Crippen molar-refractivity contribution in [2.45, 2.75) is 25.0 Å². The molecule has 0 aliphatic rings. The van der Waals surface area contributed by atoms with Crippen LogP contribution in [0.2, 0.25) is 5.02 Å². The fourth-order valence-electron chi connectivity index (χ4n) is 2.24. The lowest BCUT2D eigenvalue weighted by atomic mass is 10.1. The highest BCUT2D eigenvalue weighted by Gasteiger charge is 2.14. The molecule has 0 spiro atoms. The Kier molecular flexibility index (Phi) is 6.59. The largest absolute Gasteiger partial charge is 0.391 e. The molecule has 2 unspecified atom stereocenters. The van der Waals surface area contributed by atoms with Crippen molar-refractivity contribution < 1.29 is 15.0 Å². The van der Waals surface area contributed by atoms with E-state index in [0.29, 0.717) is 17.0 Å². The Morgan fingerprint density at radius 2 is 1.70 bits per heavy atom. The Hall–Kier alpha value is -1.88. The van der Waals surface area contributed by atoms with Crippen molar-refractivity contribution in [2.24, 2.45) is 0 Å². The fraction of sp³-hybridized carbons (Fsp3) is 0.278. The summed E-state index contributed by atoms with van der Waals surface area (Å²) in [6.07, 6.45) is -1.13. The van der Waals surface area contributed by atoms with Gasteiger partial charge in [0.2, 0.25) is 5.91 Å². The van der Waals surface area contributed by atoms with Crippen LogP contribution in [0.5, 0.6) is 0 Å². The van der Waals surface area contributed by atoms with Crippen molar-refractivity contribution >= 4 is 17.5 Å². The number of amides is 1. The topological polar surface area (TPSA) is 69.6 Å². The smallest absolute Gasteiger partial charge is 0.223 e. The van der Waals surface area contributed by atoms with Crippen molar-refractivity contribution in [3.63, 3.8) is 0 Å². The van der Waals surface area contributed by atoms with Crippen molar-refractivity contribution in [2.75, 3.05) is 6.54 Å². The van der Waals surface area contributed by atoms with E-state index in [2.05, 4.69) is 5.32 Å². The van der Waals surface area contributed by atoms with Gasteiger partial charge in [0.15, 0.2) is 0 Å². The highest BCUT2D eigenvalue weighted by atomic mass is 35.5. The fourth-order valence-corrected chi connectivity index (χ4v) is 2.37. The van der Waals surface area contributed by atoms with Gasteiger partial charge in [0.05, 0.1) is 18.6 Å². The maximum atomic E-state index is 11.8. The summed E-state index contributed by atoms with van der Waals surface area (Å²) in [6.45, 7) is 0.154. The molecule has 0 aliphatic heterocycles. The van der Waals surface area contributed by atoms with Gasteiger partial charge in [-0.1, -0.05) is 54.1 Å². The minimum atomic E-state index is -0.890. The van der Waals surface area contributed by atoms with Gasteiger partial charge in [-0.15, -0.1) is 0 Å². The summed E-state index contributed by atoms with van der Waals surface area (Å²) in [5.74, 6) is -0.306. The maximum absolute atomic E-state index is 11.8. The molecule has 0 aromatic heterocycles. The standard InChI is InChI=1S/C18H20ClNO3/c19-15-8-6-14(7-9-15)17(22)11-18(23)20-12-16(21)10-13-4-2-1-3-5-13/h1-9,16-17,21-22H,10-12H2,(H,20,23). The minimum Gasteiger partial charge on any atom is -0.391 e. The van der Waals surface area contributed by atoms with Gasteiger partial charge in [0.25, 0.3) is 0 Å². The van der Waals surface area contributed by atoms with Crippen molar-refractivity contribution in [1.82, 2.24) is 5.32 Å². The summed E-state index contributed by atoms with van der Waals surface area (Å²) in [4.78, 5) is 11.8. The monoisotopic (exact) mass is 333 g/mol. The van der Waals surface area contributed by atoms with Crippen LogP contribution < -0.4 is 5.32 Å². The number of nitrogens with one attached hydrogen (secondary N) is 1. The summed E-state index contributed by atoms with van der Waals surface area (Å²) in [6, 6.07) is 16.3. The summed E-state index contributed by atoms with van der Waals surface area (Å²) in [5.41, 5.74) is 1.64. The second kappa shape index (κ2) is 8.67. The molecule has 0 bridgehead atoms. The van der Waals surface area contributed by atoms with Gasteiger partial charge < -0.3 is 15.5 Å². The first-order valence-electron chi connectivity index (χ1n) is 7.47. The lowest BCUT2D eigenvalue weighted by molar-refractivity contribution is -0.123. The molecule has 122 valence electrons. The predicted molar refractivity (Wildman–Crippen MR) is 90.2 cm³/mol. The van der Waals surface area contributed by atoms with Gasteiger partial charge in [-0.2, -0.15) is 0 Å². The van der Waals surface area contributed by atoms with Gasteiger partial charge >= 0.3 is 0 Å². The molecule has 4 nitrogen and oxygen atoms in total. The Bertz CT molecular complexity index is 616. The Morgan fingerprint density at radius 1 is 1.04 bits per heavy atom.